The van der Waals surface area contributed by atoms with E-state index >= 15 is 0 Å². The lowest BCUT2D eigenvalue weighted by molar-refractivity contribution is -0.116. The Morgan fingerprint density at radius 2 is 1.86 bits per heavy atom. The SMILES string of the molecule is Cc1nn(CC(=O)Nc2cccc(CN3CCOCC3)c2)c2nc(-c3ccccc3)cc(C(F)F)c12. The van der Waals surface area contributed by atoms with Crippen molar-refractivity contribution in [1.82, 2.24) is 19.7 Å². The maximum Gasteiger partial charge on any atom is 0.264 e. The summed E-state index contributed by atoms with van der Waals surface area (Å²) < 4.78 is 34.8. The number of hydrogen-bond acceptors (Lipinski definition) is 5. The topological polar surface area (TPSA) is 72.3 Å². The molecule has 1 N–H and O–H groups in total. The van der Waals surface area contributed by atoms with Gasteiger partial charge in [0, 0.05) is 36.4 Å². The van der Waals surface area contributed by atoms with E-state index in [2.05, 4.69) is 20.3 Å². The van der Waals surface area contributed by atoms with Gasteiger partial charge in [-0.15, -0.1) is 0 Å². The summed E-state index contributed by atoms with van der Waals surface area (Å²) in [5.41, 5.74) is 3.42. The van der Waals surface area contributed by atoms with Crippen LogP contribution in [-0.2, 0) is 22.6 Å². The van der Waals surface area contributed by atoms with Gasteiger partial charge in [-0.25, -0.2) is 18.4 Å². The van der Waals surface area contributed by atoms with Crippen LogP contribution >= 0.6 is 0 Å². The van der Waals surface area contributed by atoms with E-state index in [1.165, 1.54) is 10.7 Å². The maximum atomic E-state index is 14.0. The number of morpholine rings is 1. The number of anilines is 1. The first-order chi connectivity index (χ1) is 17.5. The molecule has 2 aromatic heterocycles. The Labute approximate surface area is 207 Å². The third kappa shape index (κ3) is 5.27. The highest BCUT2D eigenvalue weighted by Gasteiger charge is 2.22. The highest BCUT2D eigenvalue weighted by atomic mass is 19.3. The largest absolute Gasteiger partial charge is 0.379 e. The molecule has 4 aromatic rings. The molecule has 186 valence electrons. The first-order valence-electron chi connectivity index (χ1n) is 11.9. The number of amides is 1. The highest BCUT2D eigenvalue weighted by molar-refractivity contribution is 5.92. The third-order valence-electron chi connectivity index (χ3n) is 6.23. The monoisotopic (exact) mass is 491 g/mol. The molecule has 0 unspecified atom stereocenters. The van der Waals surface area contributed by atoms with Crippen molar-refractivity contribution in [2.75, 3.05) is 31.6 Å². The predicted molar refractivity (Wildman–Crippen MR) is 134 cm³/mol. The Morgan fingerprint density at radius 1 is 1.08 bits per heavy atom. The van der Waals surface area contributed by atoms with E-state index in [1.54, 1.807) is 6.92 Å². The third-order valence-corrected chi connectivity index (χ3v) is 6.23. The second-order valence-corrected chi connectivity index (χ2v) is 8.84. The van der Waals surface area contributed by atoms with Crippen LogP contribution in [0.5, 0.6) is 0 Å². The van der Waals surface area contributed by atoms with Gasteiger partial charge in [-0.05, 0) is 30.7 Å². The molecule has 0 aliphatic carbocycles. The fourth-order valence-corrected chi connectivity index (χ4v) is 4.53. The van der Waals surface area contributed by atoms with Crippen LogP contribution in [0.3, 0.4) is 0 Å². The van der Waals surface area contributed by atoms with Gasteiger partial charge in [-0.1, -0.05) is 42.5 Å². The predicted octanol–water partition coefficient (Wildman–Crippen LogP) is 4.82. The van der Waals surface area contributed by atoms with Crippen molar-refractivity contribution >= 4 is 22.6 Å². The van der Waals surface area contributed by atoms with Crippen LogP contribution in [0.25, 0.3) is 22.3 Å². The standard InChI is InChI=1S/C27H27F2N5O2/c1-18-25-22(26(28)29)15-23(20-7-3-2-4-8-20)31-27(25)34(32-18)17-24(35)30-21-9-5-6-19(14-21)16-33-10-12-36-13-11-33/h2-9,14-15,26H,10-13,16-17H2,1H3,(H,30,35). The van der Waals surface area contributed by atoms with Gasteiger partial charge >= 0.3 is 0 Å². The minimum Gasteiger partial charge on any atom is -0.379 e. The molecular weight excluding hydrogens is 464 g/mol. The first-order valence-corrected chi connectivity index (χ1v) is 11.9. The smallest absolute Gasteiger partial charge is 0.264 e. The second kappa shape index (κ2) is 10.5. The Bertz CT molecular complexity index is 1370. The van der Waals surface area contributed by atoms with Gasteiger partial charge in [0.25, 0.3) is 6.43 Å². The summed E-state index contributed by atoms with van der Waals surface area (Å²) in [6.45, 7) is 5.48. The minimum atomic E-state index is -2.70. The van der Waals surface area contributed by atoms with Gasteiger partial charge in [-0.2, -0.15) is 5.10 Å². The number of aryl methyl sites for hydroxylation is 1. The number of nitrogens with one attached hydrogen (secondary N) is 1. The van der Waals surface area contributed by atoms with Gasteiger partial charge in [-0.3, -0.25) is 9.69 Å². The molecule has 0 spiro atoms. The lowest BCUT2D eigenvalue weighted by Gasteiger charge is -2.26. The molecule has 1 amide bonds. The minimum absolute atomic E-state index is 0.140. The molecule has 0 saturated carbocycles. The zero-order valence-corrected chi connectivity index (χ0v) is 20.0. The lowest BCUT2D eigenvalue weighted by Crippen LogP contribution is -2.35. The van der Waals surface area contributed by atoms with Crippen molar-refractivity contribution in [2.45, 2.75) is 26.4 Å². The van der Waals surface area contributed by atoms with E-state index in [4.69, 9.17) is 4.74 Å². The van der Waals surface area contributed by atoms with Crippen molar-refractivity contribution in [1.29, 1.82) is 0 Å². The zero-order valence-electron chi connectivity index (χ0n) is 20.0. The van der Waals surface area contributed by atoms with Crippen molar-refractivity contribution in [3.63, 3.8) is 0 Å². The zero-order chi connectivity index (χ0) is 25.1. The fraction of sp³-hybridized carbons (Fsp3) is 0.296. The Kier molecular flexibility index (Phi) is 7.02. The van der Waals surface area contributed by atoms with Crippen molar-refractivity contribution in [3.05, 3.63) is 77.5 Å². The number of ether oxygens (including phenoxy) is 1. The number of pyridine rings is 1. The lowest BCUT2D eigenvalue weighted by atomic mass is 10.1. The molecule has 9 heteroatoms. The van der Waals surface area contributed by atoms with Gasteiger partial charge < -0.3 is 10.1 Å². The summed E-state index contributed by atoms with van der Waals surface area (Å²) in [5, 5.41) is 7.57. The molecule has 1 aliphatic heterocycles. The van der Waals surface area contributed by atoms with Gasteiger partial charge in [0.15, 0.2) is 5.65 Å². The van der Waals surface area contributed by atoms with E-state index in [0.717, 1.165) is 38.4 Å². The molecule has 36 heavy (non-hydrogen) atoms. The first kappa shape index (κ1) is 24.0. The molecular formula is C27H27F2N5O2. The van der Waals surface area contributed by atoms with Crippen molar-refractivity contribution in [3.8, 4) is 11.3 Å². The van der Waals surface area contributed by atoms with Crippen LogP contribution in [-0.4, -0.2) is 51.9 Å². The number of nitrogens with zero attached hydrogens (tertiary/aromatic N) is 4. The average molecular weight is 492 g/mol. The van der Waals surface area contributed by atoms with Crippen molar-refractivity contribution in [2.24, 2.45) is 0 Å². The number of alkyl halides is 2. The maximum absolute atomic E-state index is 14.0. The second-order valence-electron chi connectivity index (χ2n) is 8.84. The summed E-state index contributed by atoms with van der Waals surface area (Å²) >= 11 is 0. The van der Waals surface area contributed by atoms with Crippen LogP contribution in [0.4, 0.5) is 14.5 Å². The molecule has 3 heterocycles. The molecule has 1 saturated heterocycles. The number of carbonyl (C=O) groups excluding carboxylic acids is 1. The van der Waals surface area contributed by atoms with Gasteiger partial charge in [0.05, 0.1) is 30.0 Å². The summed E-state index contributed by atoms with van der Waals surface area (Å²) in [6, 6.07) is 18.2. The highest BCUT2D eigenvalue weighted by Crippen LogP contribution is 2.33. The number of hydrogen-bond donors (Lipinski definition) is 1. The van der Waals surface area contributed by atoms with Crippen LogP contribution < -0.4 is 5.32 Å². The van der Waals surface area contributed by atoms with Crippen LogP contribution in [0.15, 0.2) is 60.7 Å². The number of rotatable bonds is 7. The van der Waals surface area contributed by atoms with E-state index < -0.39 is 6.43 Å². The van der Waals surface area contributed by atoms with Crippen LogP contribution in [0, 0.1) is 6.92 Å². The van der Waals surface area contributed by atoms with Crippen molar-refractivity contribution < 1.29 is 18.3 Å². The van der Waals surface area contributed by atoms with E-state index in [9.17, 15) is 13.6 Å². The summed E-state index contributed by atoms with van der Waals surface area (Å²) in [5.74, 6) is -0.312. The van der Waals surface area contributed by atoms with Crippen LogP contribution in [0.1, 0.15) is 23.2 Å². The molecule has 0 radical (unpaired) electrons. The van der Waals surface area contributed by atoms with Gasteiger partial charge in [0.2, 0.25) is 5.91 Å². The van der Waals surface area contributed by atoms with E-state index in [0.29, 0.717) is 22.6 Å². The van der Waals surface area contributed by atoms with Gasteiger partial charge in [0.1, 0.15) is 6.54 Å². The molecule has 1 aliphatic rings. The van der Waals surface area contributed by atoms with E-state index in [-0.39, 0.29) is 29.0 Å². The quantitative estimate of drug-likeness (QED) is 0.402. The van der Waals surface area contributed by atoms with Crippen LogP contribution in [0.2, 0.25) is 0 Å². The molecule has 7 nitrogen and oxygen atoms in total. The number of benzene rings is 2. The summed E-state index contributed by atoms with van der Waals surface area (Å²) in [4.78, 5) is 19.9. The summed E-state index contributed by atoms with van der Waals surface area (Å²) in [6.07, 6.45) is -2.70. The average Bonchev–Trinajstić information content (AvgIpc) is 3.19. The number of aromatic nitrogens is 3. The molecule has 5 rings (SSSR count). The molecule has 2 aromatic carbocycles. The normalized spacial score (nSPS) is 14.4. The van der Waals surface area contributed by atoms with E-state index in [1.807, 2.05) is 54.6 Å². The molecule has 1 fully saturated rings. The number of carbonyl (C=O) groups is 1. The fourth-order valence-electron chi connectivity index (χ4n) is 4.53. The molecule has 0 atom stereocenters. The number of fused-ring (bicyclic) bond motifs is 1. The number of halogens is 2. The summed E-state index contributed by atoms with van der Waals surface area (Å²) in [7, 11) is 0. The Morgan fingerprint density at radius 3 is 2.61 bits per heavy atom. The molecule has 0 bridgehead atoms. The Balaban J connectivity index is 1.39. The Hall–Kier alpha value is -3.69.